The highest BCUT2D eigenvalue weighted by Crippen LogP contribution is 2.35. The van der Waals surface area contributed by atoms with E-state index >= 15 is 0 Å². The number of hydrazine groups is 1. The summed E-state index contributed by atoms with van der Waals surface area (Å²) in [6.07, 6.45) is 2.30. The Morgan fingerprint density at radius 2 is 2.28 bits per heavy atom. The Bertz CT molecular complexity index is 536. The van der Waals surface area contributed by atoms with Crippen molar-refractivity contribution in [2.45, 2.75) is 6.42 Å². The molecule has 0 spiro atoms. The Morgan fingerprint density at radius 1 is 1.44 bits per heavy atom. The molecule has 0 aliphatic carbocycles. The summed E-state index contributed by atoms with van der Waals surface area (Å²) in [5.41, 5.74) is 3.57. The number of hydrogen-bond donors (Lipinski definition) is 1. The van der Waals surface area contributed by atoms with Crippen LogP contribution >= 0.6 is 0 Å². The van der Waals surface area contributed by atoms with Crippen molar-refractivity contribution in [1.82, 2.24) is 15.3 Å². The lowest BCUT2D eigenvalue weighted by Crippen LogP contribution is -2.44. The van der Waals surface area contributed by atoms with Crippen LogP contribution in [0, 0.1) is 0 Å². The Kier molecular flexibility index (Phi) is 2.56. The van der Waals surface area contributed by atoms with Gasteiger partial charge in [-0.2, -0.15) is 0 Å². The molecule has 2 aliphatic heterocycles. The van der Waals surface area contributed by atoms with E-state index in [1.54, 1.807) is 0 Å². The zero-order valence-corrected chi connectivity index (χ0v) is 10.6. The monoisotopic (exact) mass is 244 g/mol. The smallest absolute Gasteiger partial charge is 0.224 e. The zero-order valence-electron chi connectivity index (χ0n) is 10.6. The van der Waals surface area contributed by atoms with E-state index in [-0.39, 0.29) is 5.91 Å². The number of carbonyl (C=O) groups excluding carboxylic acids is 1. The molecule has 0 saturated carbocycles. The minimum atomic E-state index is 0.111. The Morgan fingerprint density at radius 3 is 3.06 bits per heavy atom. The number of anilines is 1. The second-order valence-corrected chi connectivity index (χ2v) is 4.82. The van der Waals surface area contributed by atoms with E-state index in [0.717, 1.165) is 17.9 Å². The van der Waals surface area contributed by atoms with Crippen LogP contribution in [0.2, 0.25) is 0 Å². The Balaban J connectivity index is 2.12. The molecular weight excluding hydrogens is 228 g/mol. The van der Waals surface area contributed by atoms with Gasteiger partial charge in [0, 0.05) is 32.4 Å². The van der Waals surface area contributed by atoms with Crippen LogP contribution in [0.5, 0.6) is 0 Å². The molecule has 0 unspecified atom stereocenters. The van der Waals surface area contributed by atoms with Crippen LogP contribution in [-0.2, 0) is 4.79 Å². The van der Waals surface area contributed by atoms with Crippen LogP contribution in [0.15, 0.2) is 23.9 Å². The van der Waals surface area contributed by atoms with Gasteiger partial charge < -0.3 is 5.32 Å². The number of fused-ring (bicyclic) bond motifs is 2. The summed E-state index contributed by atoms with van der Waals surface area (Å²) >= 11 is 0. The van der Waals surface area contributed by atoms with Crippen LogP contribution in [-0.4, -0.2) is 43.1 Å². The maximum atomic E-state index is 11.5. The molecular formula is C13H16N4O. The van der Waals surface area contributed by atoms with Gasteiger partial charge in [-0.15, -0.1) is 0 Å². The van der Waals surface area contributed by atoms with Crippen LogP contribution < -0.4 is 10.3 Å². The molecule has 1 aromatic rings. The Labute approximate surface area is 106 Å². The van der Waals surface area contributed by atoms with Gasteiger partial charge in [-0.3, -0.25) is 9.80 Å². The second kappa shape index (κ2) is 4.10. The molecule has 3 heterocycles. The third kappa shape index (κ3) is 1.67. The van der Waals surface area contributed by atoms with Gasteiger partial charge >= 0.3 is 0 Å². The average molecular weight is 244 g/mol. The van der Waals surface area contributed by atoms with E-state index in [1.807, 2.05) is 31.4 Å². The molecule has 0 aromatic carbocycles. The summed E-state index contributed by atoms with van der Waals surface area (Å²) in [7, 11) is 3.99. The van der Waals surface area contributed by atoms with Crippen molar-refractivity contribution in [3.63, 3.8) is 0 Å². The van der Waals surface area contributed by atoms with Gasteiger partial charge in [-0.25, -0.2) is 9.99 Å². The van der Waals surface area contributed by atoms with Crippen molar-refractivity contribution in [2.75, 3.05) is 32.2 Å². The summed E-state index contributed by atoms with van der Waals surface area (Å²) < 4.78 is 0. The number of hydrogen-bond acceptors (Lipinski definition) is 4. The standard InChI is InChI=1S/C13H16N4O/c1-16(2)17-8-9-6-12(18)15-7-11(9)10-4-3-5-14-13(10)17/h3-5H,6-8H2,1-2H3,(H,15,18). The number of carbonyl (C=O) groups is 1. The summed E-state index contributed by atoms with van der Waals surface area (Å²) in [6.45, 7) is 1.37. The topological polar surface area (TPSA) is 48.5 Å². The van der Waals surface area contributed by atoms with Crippen LogP contribution in [0.25, 0.3) is 5.57 Å². The van der Waals surface area contributed by atoms with E-state index in [2.05, 4.69) is 21.4 Å². The minimum Gasteiger partial charge on any atom is -0.352 e. The third-order valence-electron chi connectivity index (χ3n) is 3.44. The molecule has 1 aromatic heterocycles. The zero-order chi connectivity index (χ0) is 12.7. The highest BCUT2D eigenvalue weighted by Gasteiger charge is 2.29. The quantitative estimate of drug-likeness (QED) is 0.788. The first-order valence-electron chi connectivity index (χ1n) is 6.04. The van der Waals surface area contributed by atoms with Crippen LogP contribution in [0.1, 0.15) is 12.0 Å². The van der Waals surface area contributed by atoms with Gasteiger partial charge in [0.05, 0.1) is 13.0 Å². The van der Waals surface area contributed by atoms with E-state index in [1.165, 1.54) is 11.1 Å². The first-order chi connectivity index (χ1) is 8.66. The fourth-order valence-corrected chi connectivity index (χ4v) is 2.54. The van der Waals surface area contributed by atoms with E-state index in [9.17, 15) is 4.79 Å². The summed E-state index contributed by atoms with van der Waals surface area (Å²) in [5, 5.41) is 7.03. The molecule has 0 fully saturated rings. The number of aromatic nitrogens is 1. The van der Waals surface area contributed by atoms with Gasteiger partial charge in [0.15, 0.2) is 5.82 Å². The predicted molar refractivity (Wildman–Crippen MR) is 69.8 cm³/mol. The van der Waals surface area contributed by atoms with Crippen molar-refractivity contribution < 1.29 is 4.79 Å². The number of nitrogens with one attached hydrogen (secondary N) is 1. The van der Waals surface area contributed by atoms with Gasteiger partial charge in [-0.1, -0.05) is 0 Å². The summed E-state index contributed by atoms with van der Waals surface area (Å²) in [4.78, 5) is 16.0. The normalized spacial score (nSPS) is 18.6. The number of rotatable bonds is 1. The molecule has 2 aliphatic rings. The Hall–Kier alpha value is -1.88. The lowest BCUT2D eigenvalue weighted by atomic mass is 9.92. The summed E-state index contributed by atoms with van der Waals surface area (Å²) in [5.74, 6) is 1.08. The molecule has 94 valence electrons. The molecule has 18 heavy (non-hydrogen) atoms. The number of nitrogens with zero attached hydrogens (tertiary/aromatic N) is 3. The molecule has 5 heteroatoms. The van der Waals surface area contributed by atoms with Crippen LogP contribution in [0.4, 0.5) is 5.82 Å². The van der Waals surface area contributed by atoms with Crippen molar-refractivity contribution in [3.05, 3.63) is 29.5 Å². The van der Waals surface area contributed by atoms with Crippen molar-refractivity contribution in [1.29, 1.82) is 0 Å². The average Bonchev–Trinajstić information content (AvgIpc) is 2.37. The number of amides is 1. The highest BCUT2D eigenvalue weighted by molar-refractivity contribution is 5.91. The first-order valence-corrected chi connectivity index (χ1v) is 6.04. The molecule has 1 amide bonds. The fraction of sp³-hybridized carbons (Fsp3) is 0.385. The lowest BCUT2D eigenvalue weighted by molar-refractivity contribution is -0.120. The predicted octanol–water partition coefficient (Wildman–Crippen LogP) is 0.652. The van der Waals surface area contributed by atoms with Gasteiger partial charge in [0.1, 0.15) is 0 Å². The molecule has 1 N–H and O–H groups in total. The SMILES string of the molecule is CN(C)N1CC2=C(CNC(=O)C2)c2cccnc21. The van der Waals surface area contributed by atoms with Gasteiger partial charge in [-0.05, 0) is 23.3 Å². The van der Waals surface area contributed by atoms with Crippen molar-refractivity contribution in [2.24, 2.45) is 0 Å². The van der Waals surface area contributed by atoms with Crippen molar-refractivity contribution in [3.8, 4) is 0 Å². The van der Waals surface area contributed by atoms with E-state index in [4.69, 9.17) is 0 Å². The third-order valence-corrected chi connectivity index (χ3v) is 3.44. The minimum absolute atomic E-state index is 0.111. The summed E-state index contributed by atoms with van der Waals surface area (Å²) in [6, 6.07) is 4.02. The van der Waals surface area contributed by atoms with Crippen molar-refractivity contribution >= 4 is 17.3 Å². The maximum absolute atomic E-state index is 11.5. The maximum Gasteiger partial charge on any atom is 0.224 e. The van der Waals surface area contributed by atoms with E-state index < -0.39 is 0 Å². The van der Waals surface area contributed by atoms with Crippen LogP contribution in [0.3, 0.4) is 0 Å². The van der Waals surface area contributed by atoms with Gasteiger partial charge in [0.2, 0.25) is 5.91 Å². The largest absolute Gasteiger partial charge is 0.352 e. The second-order valence-electron chi connectivity index (χ2n) is 4.82. The molecule has 0 bridgehead atoms. The molecule has 0 saturated heterocycles. The molecule has 0 atom stereocenters. The van der Waals surface area contributed by atoms with E-state index in [0.29, 0.717) is 13.0 Å². The molecule has 5 nitrogen and oxygen atoms in total. The highest BCUT2D eigenvalue weighted by atomic mass is 16.1. The lowest BCUT2D eigenvalue weighted by Gasteiger charge is -2.38. The number of pyridine rings is 1. The first kappa shape index (κ1) is 11.2. The fourth-order valence-electron chi connectivity index (χ4n) is 2.54. The molecule has 0 radical (unpaired) electrons. The molecule has 3 rings (SSSR count). The van der Waals surface area contributed by atoms with Gasteiger partial charge in [0.25, 0.3) is 0 Å².